The third-order valence-electron chi connectivity index (χ3n) is 28.5. The predicted octanol–water partition coefficient (Wildman–Crippen LogP) is 36.2. The van der Waals surface area contributed by atoms with Gasteiger partial charge in [0.1, 0.15) is 11.2 Å². The van der Waals surface area contributed by atoms with Crippen molar-refractivity contribution in [2.24, 2.45) is 0 Å². The van der Waals surface area contributed by atoms with Gasteiger partial charge in [-0.2, -0.15) is 0 Å². The molecule has 32 rings (SSSR count). The molecule has 0 aliphatic heterocycles. The molecule has 7 nitrogen and oxygen atoms in total. The molecule has 21 aromatic carbocycles. The van der Waals surface area contributed by atoms with Crippen molar-refractivity contribution >= 4 is 290 Å². The van der Waals surface area contributed by atoms with Gasteiger partial charge in [0.15, 0.2) is 0 Å². The Morgan fingerprint density at radius 1 is 0.133 bits per heavy atom. The van der Waals surface area contributed by atoms with Crippen LogP contribution in [0.2, 0.25) is 0 Å². The Balaban J connectivity index is 0.0000000965. The fourth-order valence-corrected chi connectivity index (χ4v) is 28.4. The van der Waals surface area contributed by atoms with Crippen LogP contribution in [0.3, 0.4) is 0 Å². The molecule has 0 N–H and O–H groups in total. The lowest BCUT2D eigenvalue weighted by Crippen LogP contribution is -1.94. The molecule has 0 radical (unpaired) electrons. The van der Waals surface area contributed by atoms with Gasteiger partial charge in [-0.15, -0.1) is 45.3 Å². The van der Waals surface area contributed by atoms with Crippen LogP contribution < -0.4 is 0 Å². The monoisotopic (exact) mass is 1790 g/mol. The van der Waals surface area contributed by atoms with E-state index in [0.717, 1.165) is 27.6 Å². The Labute approximate surface area is 785 Å². The summed E-state index contributed by atoms with van der Waals surface area (Å²) in [6, 6.07) is 159. The Bertz CT molecular complexity index is 10200. The second-order valence-electron chi connectivity index (χ2n) is 35.4. The van der Waals surface area contributed by atoms with Crippen LogP contribution in [0.5, 0.6) is 0 Å². The number of thiophene rings is 4. The van der Waals surface area contributed by atoms with Crippen LogP contribution in [0.1, 0.15) is 0 Å². The second-order valence-corrected chi connectivity index (χ2v) is 39.6. The van der Waals surface area contributed by atoms with Gasteiger partial charge < -0.3 is 31.8 Å². The minimum atomic E-state index is 0.914. The second kappa shape index (κ2) is 28.9. The number of aromatic nitrogens is 6. The van der Waals surface area contributed by atoms with E-state index in [9.17, 15) is 0 Å². The molecule has 11 heterocycles. The van der Waals surface area contributed by atoms with Crippen LogP contribution in [0.4, 0.5) is 0 Å². The molecule has 32 aromatic rings. The Kier molecular flexibility index (Phi) is 16.1. The van der Waals surface area contributed by atoms with E-state index in [1.165, 1.54) is 251 Å². The molecule has 0 bridgehead atoms. The van der Waals surface area contributed by atoms with Gasteiger partial charge in [-0.1, -0.05) is 279 Å². The van der Waals surface area contributed by atoms with Crippen LogP contribution in [0.25, 0.3) is 278 Å². The van der Waals surface area contributed by atoms with E-state index in [2.05, 4.69) is 458 Å². The first-order valence-corrected chi connectivity index (χ1v) is 49.2. The molecule has 0 atom stereocenters. The zero-order valence-electron chi connectivity index (χ0n) is 72.3. The smallest absolute Gasteiger partial charge is 0.137 e. The third kappa shape index (κ3) is 10.6. The van der Waals surface area contributed by atoms with Gasteiger partial charge >= 0.3 is 0 Å². The van der Waals surface area contributed by atoms with Crippen molar-refractivity contribution in [2.75, 3.05) is 0 Å². The molecule has 0 fully saturated rings. The molecule has 0 saturated heterocycles. The fraction of sp³-hybridized carbons (Fsp3) is 0. The number of furan rings is 1. The van der Waals surface area contributed by atoms with E-state index >= 15 is 0 Å². The molecule has 11 heteroatoms. The highest BCUT2D eigenvalue weighted by molar-refractivity contribution is 7.29. The van der Waals surface area contributed by atoms with Gasteiger partial charge in [0, 0.05) is 190 Å². The molecule has 628 valence electrons. The molecule has 0 unspecified atom stereocenters. The van der Waals surface area contributed by atoms with Gasteiger partial charge in [0.25, 0.3) is 0 Å². The third-order valence-corrected chi connectivity index (χ3v) is 33.4. The summed E-state index contributed by atoms with van der Waals surface area (Å²) in [4.78, 5) is 0. The molecular formula is C124H72N6OS4. The number of benzene rings is 21. The van der Waals surface area contributed by atoms with Crippen molar-refractivity contribution in [1.29, 1.82) is 0 Å². The van der Waals surface area contributed by atoms with E-state index in [1.807, 2.05) is 51.4 Å². The van der Waals surface area contributed by atoms with Crippen molar-refractivity contribution in [3.8, 4) is 34.1 Å². The van der Waals surface area contributed by atoms with Crippen LogP contribution >= 0.6 is 45.3 Å². The van der Waals surface area contributed by atoms with E-state index in [0.29, 0.717) is 0 Å². The molecular weight excluding hydrogens is 1720 g/mol. The van der Waals surface area contributed by atoms with Gasteiger partial charge in [0.2, 0.25) is 0 Å². The van der Waals surface area contributed by atoms with Gasteiger partial charge in [0.05, 0.1) is 71.6 Å². The molecule has 0 saturated carbocycles. The van der Waals surface area contributed by atoms with Crippen molar-refractivity contribution < 1.29 is 4.42 Å². The average Bonchev–Trinajstić information content (AvgIpc) is 1.57. The van der Waals surface area contributed by atoms with Crippen LogP contribution in [0, 0.1) is 0 Å². The van der Waals surface area contributed by atoms with Gasteiger partial charge in [-0.05, 0) is 163 Å². The number of hydrogen-bond acceptors (Lipinski definition) is 5. The summed E-state index contributed by atoms with van der Waals surface area (Å²) in [7, 11) is 0. The quantitative estimate of drug-likeness (QED) is 0.164. The number of nitrogens with zero attached hydrogens (tertiary/aromatic N) is 6. The van der Waals surface area contributed by atoms with E-state index in [1.54, 1.807) is 0 Å². The largest absolute Gasteiger partial charge is 0.456 e. The fourth-order valence-electron chi connectivity index (χ4n) is 23.1. The number of para-hydroxylation sites is 11. The van der Waals surface area contributed by atoms with Gasteiger partial charge in [-0.25, -0.2) is 0 Å². The van der Waals surface area contributed by atoms with E-state index in [4.69, 9.17) is 4.42 Å². The zero-order chi connectivity index (χ0) is 87.9. The Morgan fingerprint density at radius 3 is 0.867 bits per heavy atom. The molecule has 0 spiro atoms. The topological polar surface area (TPSA) is 42.7 Å². The van der Waals surface area contributed by atoms with Crippen LogP contribution in [0.15, 0.2) is 441 Å². The number of rotatable bonds is 6. The first-order chi connectivity index (χ1) is 67.1. The summed E-state index contributed by atoms with van der Waals surface area (Å²) in [5, 5.41) is 31.2. The van der Waals surface area contributed by atoms with Crippen molar-refractivity contribution in [3.05, 3.63) is 437 Å². The maximum atomic E-state index is 6.40. The minimum absolute atomic E-state index is 0.914. The predicted molar refractivity (Wildman–Crippen MR) is 582 cm³/mol. The maximum Gasteiger partial charge on any atom is 0.137 e. The highest BCUT2D eigenvalue weighted by Gasteiger charge is 2.30. The lowest BCUT2D eigenvalue weighted by atomic mass is 9.99. The normalized spacial score (nSPS) is 12.3. The minimum Gasteiger partial charge on any atom is -0.456 e. The molecule has 0 aliphatic carbocycles. The van der Waals surface area contributed by atoms with Crippen molar-refractivity contribution in [1.82, 2.24) is 27.4 Å². The first-order valence-electron chi connectivity index (χ1n) is 45.9. The lowest BCUT2D eigenvalue weighted by molar-refractivity contribution is 0.669. The first kappa shape index (κ1) is 75.1. The van der Waals surface area contributed by atoms with Crippen LogP contribution in [-0.2, 0) is 0 Å². The number of fused-ring (bicyclic) bond motifs is 44. The van der Waals surface area contributed by atoms with E-state index < -0.39 is 0 Å². The average molecular weight is 1790 g/mol. The summed E-state index contributed by atoms with van der Waals surface area (Å²) in [5.41, 5.74) is 23.8. The SMILES string of the molecule is c1ccc(-n2c3ccccc3c3c4sc5c(c6ccccc6c6c5c5ccccc5n6-c5ccccc5)c4ccc32)cc1.c1ccc(-n2c3ccccc3c3c4sc5c(ccc6c5c5ccc7oc8ccccc8c7c5n6-c5ccccc5)c4ccc32)cc1.c1ccc(-n2c3ccccc3c3c4sc5c(ccc6c5c5ccc7sc8ccccc8c7c5n6-c5ccccc5)c4ccc32)cc1. The van der Waals surface area contributed by atoms with Crippen molar-refractivity contribution in [2.45, 2.75) is 0 Å². The number of hydrogen-bond donors (Lipinski definition) is 0. The Hall–Kier alpha value is -16.6. The highest BCUT2D eigenvalue weighted by Crippen LogP contribution is 2.56. The molecule has 135 heavy (non-hydrogen) atoms. The van der Waals surface area contributed by atoms with Gasteiger partial charge in [-0.3, -0.25) is 0 Å². The lowest BCUT2D eigenvalue weighted by Gasteiger charge is -2.11. The summed E-state index contributed by atoms with van der Waals surface area (Å²) in [6.07, 6.45) is 0. The molecule has 0 amide bonds. The van der Waals surface area contributed by atoms with Crippen LogP contribution in [-0.4, -0.2) is 27.4 Å². The van der Waals surface area contributed by atoms with E-state index in [-0.39, 0.29) is 0 Å². The summed E-state index contributed by atoms with van der Waals surface area (Å²) < 4.78 is 31.8. The maximum absolute atomic E-state index is 6.40. The summed E-state index contributed by atoms with van der Waals surface area (Å²) in [6.45, 7) is 0. The summed E-state index contributed by atoms with van der Waals surface area (Å²) >= 11 is 7.73. The highest BCUT2D eigenvalue weighted by atomic mass is 32.1. The Morgan fingerprint density at radius 2 is 0.422 bits per heavy atom. The standard InChI is InChI=1S/C42H24N2OS.C42H24N2S2.C40H24N2S/c2*1-3-11-25(12-4-1)43-32-17-9-7-15-29(32)37-33(43)22-19-27-28-20-23-34-38(42(28)46-41(27)37)31-21-24-36-39(30-16-8-10-18-35(30)45-36)40(31)44(34)26-13-5-2-6-14-26;1-3-13-25(14-4-1)41-32-21-11-9-19-29(32)36-34(41)24-23-31-35-27-17-7-8-18-28(27)38-37(40(35)43-39(31)36)30-20-10-12-22-33(30)42(38)26-15-5-2-6-16-26/h2*1-24H;1-24H. The zero-order valence-corrected chi connectivity index (χ0v) is 75.6. The molecule has 11 aromatic heterocycles. The summed E-state index contributed by atoms with van der Waals surface area (Å²) in [5.74, 6) is 0. The molecule has 0 aliphatic rings. The van der Waals surface area contributed by atoms with Crippen molar-refractivity contribution in [3.63, 3.8) is 0 Å².